The fourth-order valence-corrected chi connectivity index (χ4v) is 2.45. The molecule has 0 bridgehead atoms. The number of aryl methyl sites for hydroxylation is 3. The Hall–Kier alpha value is -2.29. The van der Waals surface area contributed by atoms with Gasteiger partial charge in [-0.15, -0.1) is 0 Å². The van der Waals surface area contributed by atoms with Crippen molar-refractivity contribution in [3.8, 4) is 0 Å². The smallest absolute Gasteiger partial charge is 0.257 e. The van der Waals surface area contributed by atoms with Gasteiger partial charge in [-0.1, -0.05) is 31.2 Å². The molecule has 0 fully saturated rings. The molecule has 0 heterocycles. The third kappa shape index (κ3) is 3.24. The van der Waals surface area contributed by atoms with Crippen LogP contribution in [0.3, 0.4) is 0 Å². The molecule has 0 aromatic heterocycles. The van der Waals surface area contributed by atoms with Gasteiger partial charge >= 0.3 is 0 Å². The van der Waals surface area contributed by atoms with Gasteiger partial charge in [0.05, 0.1) is 5.56 Å². The molecular weight excluding hydrogens is 260 g/mol. The van der Waals surface area contributed by atoms with Gasteiger partial charge < -0.3 is 10.6 Å². The minimum Gasteiger partial charge on any atom is -0.387 e. The van der Waals surface area contributed by atoms with Gasteiger partial charge in [0.25, 0.3) is 5.91 Å². The van der Waals surface area contributed by atoms with Crippen LogP contribution in [-0.4, -0.2) is 13.0 Å². The van der Waals surface area contributed by atoms with Crippen molar-refractivity contribution in [3.63, 3.8) is 0 Å². The summed E-state index contributed by atoms with van der Waals surface area (Å²) in [6, 6.07) is 11.9. The van der Waals surface area contributed by atoms with Crippen molar-refractivity contribution >= 4 is 17.3 Å². The first-order valence-electron chi connectivity index (χ1n) is 7.25. The lowest BCUT2D eigenvalue weighted by Gasteiger charge is -2.15. The summed E-state index contributed by atoms with van der Waals surface area (Å²) in [6.07, 6.45) is 0.893. The normalized spacial score (nSPS) is 10.3. The molecule has 21 heavy (non-hydrogen) atoms. The number of carbonyl (C=O) groups is 1. The molecular formula is C18H22N2O. The van der Waals surface area contributed by atoms with Crippen LogP contribution in [0.15, 0.2) is 36.4 Å². The maximum atomic E-state index is 12.6. The largest absolute Gasteiger partial charge is 0.387 e. The molecule has 0 aliphatic heterocycles. The number of carbonyl (C=O) groups excluding carboxylic acids is 1. The number of para-hydroxylation sites is 1. The summed E-state index contributed by atoms with van der Waals surface area (Å²) in [6.45, 7) is 6.12. The number of hydrogen-bond acceptors (Lipinski definition) is 2. The third-order valence-corrected chi connectivity index (χ3v) is 3.67. The van der Waals surface area contributed by atoms with E-state index in [1.165, 1.54) is 0 Å². The van der Waals surface area contributed by atoms with Crippen LogP contribution in [0, 0.1) is 13.8 Å². The van der Waals surface area contributed by atoms with Gasteiger partial charge in [-0.05, 0) is 49.1 Å². The molecule has 0 aliphatic rings. The highest BCUT2D eigenvalue weighted by molar-refractivity contribution is 6.08. The number of benzene rings is 2. The maximum Gasteiger partial charge on any atom is 0.257 e. The minimum absolute atomic E-state index is 0.0802. The van der Waals surface area contributed by atoms with E-state index in [4.69, 9.17) is 0 Å². The van der Waals surface area contributed by atoms with Gasteiger partial charge in [0.15, 0.2) is 0 Å². The Morgan fingerprint density at radius 2 is 1.90 bits per heavy atom. The lowest BCUT2D eigenvalue weighted by Crippen LogP contribution is -2.16. The maximum absolute atomic E-state index is 12.6. The predicted octanol–water partition coefficient (Wildman–Crippen LogP) is 4.16. The van der Waals surface area contributed by atoms with Crippen molar-refractivity contribution in [3.05, 3.63) is 58.7 Å². The molecule has 0 radical (unpaired) electrons. The molecule has 0 aliphatic carbocycles. The van der Waals surface area contributed by atoms with Crippen molar-refractivity contribution in [2.45, 2.75) is 27.2 Å². The lowest BCUT2D eigenvalue weighted by molar-refractivity contribution is 0.102. The zero-order chi connectivity index (χ0) is 15.4. The first-order valence-corrected chi connectivity index (χ1v) is 7.25. The zero-order valence-electron chi connectivity index (χ0n) is 13.1. The fraction of sp³-hybridized carbons (Fsp3) is 0.278. The van der Waals surface area contributed by atoms with Crippen LogP contribution in [0.2, 0.25) is 0 Å². The summed E-state index contributed by atoms with van der Waals surface area (Å²) in [5.74, 6) is -0.0802. The van der Waals surface area contributed by atoms with Gasteiger partial charge in [-0.25, -0.2) is 0 Å². The van der Waals surface area contributed by atoms with E-state index in [1.807, 2.05) is 51.2 Å². The molecule has 3 heteroatoms. The zero-order valence-corrected chi connectivity index (χ0v) is 13.1. The predicted molar refractivity (Wildman–Crippen MR) is 89.2 cm³/mol. The highest BCUT2D eigenvalue weighted by Gasteiger charge is 2.13. The van der Waals surface area contributed by atoms with E-state index >= 15 is 0 Å². The van der Waals surface area contributed by atoms with E-state index in [0.29, 0.717) is 5.56 Å². The van der Waals surface area contributed by atoms with E-state index in [-0.39, 0.29) is 5.91 Å². The Morgan fingerprint density at radius 1 is 1.14 bits per heavy atom. The molecule has 2 N–H and O–H groups in total. The molecule has 0 saturated heterocycles. The summed E-state index contributed by atoms with van der Waals surface area (Å²) in [4.78, 5) is 12.6. The topological polar surface area (TPSA) is 41.1 Å². The van der Waals surface area contributed by atoms with Crippen LogP contribution in [0.25, 0.3) is 0 Å². The van der Waals surface area contributed by atoms with Crippen LogP contribution in [-0.2, 0) is 6.42 Å². The average molecular weight is 282 g/mol. The van der Waals surface area contributed by atoms with E-state index in [9.17, 15) is 4.79 Å². The Balaban J connectivity index is 2.35. The quantitative estimate of drug-likeness (QED) is 0.884. The van der Waals surface area contributed by atoms with Crippen LogP contribution in [0.5, 0.6) is 0 Å². The van der Waals surface area contributed by atoms with E-state index in [2.05, 4.69) is 23.6 Å². The molecule has 1 amide bonds. The minimum atomic E-state index is -0.0802. The highest BCUT2D eigenvalue weighted by atomic mass is 16.1. The van der Waals surface area contributed by atoms with Crippen molar-refractivity contribution in [1.82, 2.24) is 0 Å². The summed E-state index contributed by atoms with van der Waals surface area (Å²) in [5, 5.41) is 6.15. The lowest BCUT2D eigenvalue weighted by atomic mass is 10.0. The first kappa shape index (κ1) is 15.1. The number of amides is 1. The Morgan fingerprint density at radius 3 is 2.57 bits per heavy atom. The van der Waals surface area contributed by atoms with E-state index in [0.717, 1.165) is 34.5 Å². The number of hydrogen-bond donors (Lipinski definition) is 2. The monoisotopic (exact) mass is 282 g/mol. The molecule has 0 spiro atoms. The summed E-state index contributed by atoms with van der Waals surface area (Å²) in [7, 11) is 1.83. The fourth-order valence-electron chi connectivity index (χ4n) is 2.45. The molecule has 2 aromatic rings. The molecule has 110 valence electrons. The summed E-state index contributed by atoms with van der Waals surface area (Å²) in [5.41, 5.74) is 5.79. The van der Waals surface area contributed by atoms with Crippen molar-refractivity contribution in [2.75, 3.05) is 17.7 Å². The van der Waals surface area contributed by atoms with Gasteiger partial charge in [0.2, 0.25) is 0 Å². The SMILES string of the molecule is CCc1cccc(C)c1NC(=O)c1ccc(C)cc1NC. The standard InChI is InChI=1S/C18H22N2O/c1-5-14-8-6-7-13(3)17(14)20-18(21)15-10-9-12(2)11-16(15)19-4/h6-11,19H,5H2,1-4H3,(H,20,21). The molecule has 0 saturated carbocycles. The van der Waals surface area contributed by atoms with Crippen LogP contribution < -0.4 is 10.6 Å². The number of anilines is 2. The Kier molecular flexibility index (Phi) is 4.63. The second-order valence-corrected chi connectivity index (χ2v) is 5.22. The second-order valence-electron chi connectivity index (χ2n) is 5.22. The van der Waals surface area contributed by atoms with E-state index < -0.39 is 0 Å². The third-order valence-electron chi connectivity index (χ3n) is 3.67. The Labute approximate surface area is 126 Å². The summed E-state index contributed by atoms with van der Waals surface area (Å²) < 4.78 is 0. The van der Waals surface area contributed by atoms with Crippen LogP contribution in [0.1, 0.15) is 34.0 Å². The highest BCUT2D eigenvalue weighted by Crippen LogP contribution is 2.24. The molecule has 2 aromatic carbocycles. The van der Waals surface area contributed by atoms with Gasteiger partial charge in [0.1, 0.15) is 0 Å². The van der Waals surface area contributed by atoms with Crippen molar-refractivity contribution in [1.29, 1.82) is 0 Å². The van der Waals surface area contributed by atoms with Gasteiger partial charge in [-0.3, -0.25) is 4.79 Å². The van der Waals surface area contributed by atoms with Gasteiger partial charge in [0, 0.05) is 18.4 Å². The number of nitrogens with one attached hydrogen (secondary N) is 2. The van der Waals surface area contributed by atoms with Crippen LogP contribution in [0.4, 0.5) is 11.4 Å². The van der Waals surface area contributed by atoms with Crippen LogP contribution >= 0.6 is 0 Å². The molecule has 0 atom stereocenters. The molecule has 3 nitrogen and oxygen atoms in total. The molecule has 0 unspecified atom stereocenters. The molecule has 2 rings (SSSR count). The summed E-state index contributed by atoms with van der Waals surface area (Å²) >= 11 is 0. The Bertz CT molecular complexity index is 662. The van der Waals surface area contributed by atoms with Crippen molar-refractivity contribution < 1.29 is 4.79 Å². The second kappa shape index (κ2) is 6.44. The van der Waals surface area contributed by atoms with Gasteiger partial charge in [-0.2, -0.15) is 0 Å². The first-order chi connectivity index (χ1) is 10.1. The van der Waals surface area contributed by atoms with E-state index in [1.54, 1.807) is 0 Å². The van der Waals surface area contributed by atoms with Crippen molar-refractivity contribution in [2.24, 2.45) is 0 Å². The number of rotatable bonds is 4. The average Bonchev–Trinajstić information content (AvgIpc) is 2.48.